The number of carboxylic acids is 1. The number of likely N-dealkylation sites (tertiary alicyclic amines) is 1. The summed E-state index contributed by atoms with van der Waals surface area (Å²) in [4.78, 5) is 40.5. The molecule has 218 valence electrons. The second kappa shape index (κ2) is 11.5. The molecule has 15 heteroatoms. The van der Waals surface area contributed by atoms with Gasteiger partial charge in [-0.2, -0.15) is 13.2 Å². The first kappa shape index (κ1) is 29.4. The number of benzene rings is 2. The van der Waals surface area contributed by atoms with Crippen molar-refractivity contribution in [2.45, 2.75) is 24.6 Å². The molecular formula is C26H21F6N3O6. The average Bonchev–Trinajstić information content (AvgIpc) is 3.35. The van der Waals surface area contributed by atoms with Gasteiger partial charge in [-0.05, 0) is 30.3 Å². The van der Waals surface area contributed by atoms with Crippen LogP contribution in [0.1, 0.15) is 16.8 Å². The van der Waals surface area contributed by atoms with Gasteiger partial charge in [0.1, 0.15) is 12.4 Å². The Kier molecular flexibility index (Phi) is 8.26. The number of amides is 2. The lowest BCUT2D eigenvalue weighted by molar-refractivity contribution is -0.192. The smallest absolute Gasteiger partial charge is 0.475 e. The second-order valence-corrected chi connectivity index (χ2v) is 8.94. The minimum Gasteiger partial charge on any atom is -0.475 e. The van der Waals surface area contributed by atoms with Crippen LogP contribution in [0, 0.1) is 5.82 Å². The number of nitrogens with zero attached hydrogens (tertiary/aromatic N) is 3. The number of para-hydroxylation sites is 1. The molecule has 0 saturated carbocycles. The molecule has 0 spiro atoms. The number of fused-ring (bicyclic) bond motifs is 1. The molecular weight excluding hydrogens is 564 g/mol. The Morgan fingerprint density at radius 1 is 1.07 bits per heavy atom. The molecule has 2 aliphatic heterocycles. The molecule has 5 rings (SSSR count). The SMILES string of the molecule is O=C(O)C(F)(F)F.O=C(c1cc(N2CCOC2=O)ccc1F)N1CCC(F)(F)[C@@H](Oc2ccc3ccccc3n2)C1. The quantitative estimate of drug-likeness (QED) is 0.435. The highest BCUT2D eigenvalue weighted by atomic mass is 19.4. The van der Waals surface area contributed by atoms with Crippen molar-refractivity contribution in [3.8, 4) is 5.88 Å². The lowest BCUT2D eigenvalue weighted by atomic mass is 10.0. The van der Waals surface area contributed by atoms with Crippen LogP contribution in [-0.4, -0.2) is 77.4 Å². The standard InChI is InChI=1S/C24H20F3N3O4.C2HF3O2/c25-18-7-6-16(30-11-12-33-23(30)32)13-17(18)22(31)29-10-9-24(26,27)20(14-29)34-21-8-5-15-3-1-2-4-19(15)28-21;3-2(4,5)1(6)7/h1-8,13,20H,9-12,14H2;(H,6,7)/t20-;/m0./s1. The Balaban J connectivity index is 0.000000493. The number of aromatic nitrogens is 1. The van der Waals surface area contributed by atoms with Crippen LogP contribution in [0.5, 0.6) is 5.88 Å². The summed E-state index contributed by atoms with van der Waals surface area (Å²) in [6.07, 6.45) is -7.98. The summed E-state index contributed by atoms with van der Waals surface area (Å²) in [6.45, 7) is -0.271. The highest BCUT2D eigenvalue weighted by Crippen LogP contribution is 2.33. The number of carbonyl (C=O) groups excluding carboxylic acids is 2. The first-order valence-corrected chi connectivity index (χ1v) is 12.0. The van der Waals surface area contributed by atoms with Crippen LogP contribution >= 0.6 is 0 Å². The predicted molar refractivity (Wildman–Crippen MR) is 130 cm³/mol. The Morgan fingerprint density at radius 3 is 2.44 bits per heavy atom. The van der Waals surface area contributed by atoms with E-state index in [1.165, 1.54) is 23.1 Å². The van der Waals surface area contributed by atoms with E-state index >= 15 is 0 Å². The molecule has 2 aliphatic rings. The van der Waals surface area contributed by atoms with Crippen molar-refractivity contribution in [2.75, 3.05) is 31.1 Å². The van der Waals surface area contributed by atoms with Gasteiger partial charge in [-0.25, -0.2) is 27.7 Å². The van der Waals surface area contributed by atoms with Gasteiger partial charge in [-0.15, -0.1) is 0 Å². The van der Waals surface area contributed by atoms with Crippen molar-refractivity contribution in [2.24, 2.45) is 0 Å². The van der Waals surface area contributed by atoms with Crippen molar-refractivity contribution in [3.63, 3.8) is 0 Å². The van der Waals surface area contributed by atoms with Gasteiger partial charge in [0.2, 0.25) is 5.88 Å². The van der Waals surface area contributed by atoms with Crippen LogP contribution in [0.4, 0.5) is 36.8 Å². The summed E-state index contributed by atoms with van der Waals surface area (Å²) < 4.78 is 86.0. The fourth-order valence-electron chi connectivity index (χ4n) is 4.08. The second-order valence-electron chi connectivity index (χ2n) is 8.94. The van der Waals surface area contributed by atoms with Crippen molar-refractivity contribution in [1.29, 1.82) is 0 Å². The molecule has 0 aliphatic carbocycles. The lowest BCUT2D eigenvalue weighted by Gasteiger charge is -2.38. The van der Waals surface area contributed by atoms with Crippen molar-refractivity contribution in [1.82, 2.24) is 9.88 Å². The van der Waals surface area contributed by atoms with Gasteiger partial charge in [0.25, 0.3) is 11.8 Å². The number of carbonyl (C=O) groups is 3. The van der Waals surface area contributed by atoms with E-state index in [2.05, 4.69) is 4.98 Å². The minimum absolute atomic E-state index is 0.0124. The van der Waals surface area contributed by atoms with Gasteiger partial charge in [-0.1, -0.05) is 18.2 Å². The van der Waals surface area contributed by atoms with Crippen LogP contribution in [-0.2, 0) is 9.53 Å². The summed E-state index contributed by atoms with van der Waals surface area (Å²) in [5, 5.41) is 7.96. The number of anilines is 1. The molecule has 9 nitrogen and oxygen atoms in total. The molecule has 3 heterocycles. The van der Waals surface area contributed by atoms with E-state index in [1.807, 2.05) is 12.1 Å². The molecule has 0 unspecified atom stereocenters. The van der Waals surface area contributed by atoms with Crippen molar-refractivity contribution < 1.29 is 55.3 Å². The molecule has 2 fully saturated rings. The first-order chi connectivity index (χ1) is 19.3. The van der Waals surface area contributed by atoms with E-state index in [0.29, 0.717) is 11.2 Å². The van der Waals surface area contributed by atoms with Crippen LogP contribution in [0.15, 0.2) is 54.6 Å². The topological polar surface area (TPSA) is 109 Å². The molecule has 1 atom stereocenters. The Labute approximate surface area is 227 Å². The summed E-state index contributed by atoms with van der Waals surface area (Å²) in [5.41, 5.74) is 0.569. The Bertz CT molecular complexity index is 1470. The van der Waals surface area contributed by atoms with Gasteiger partial charge in [-0.3, -0.25) is 9.69 Å². The number of ether oxygens (including phenoxy) is 2. The maximum absolute atomic E-state index is 14.7. The Morgan fingerprint density at radius 2 is 1.78 bits per heavy atom. The molecule has 3 aromatic rings. The molecule has 2 amide bonds. The van der Waals surface area contributed by atoms with Gasteiger partial charge in [0, 0.05) is 30.1 Å². The lowest BCUT2D eigenvalue weighted by Crippen LogP contribution is -2.55. The number of halogens is 6. The van der Waals surface area contributed by atoms with E-state index in [0.717, 1.165) is 16.4 Å². The number of hydrogen-bond acceptors (Lipinski definition) is 6. The fourth-order valence-corrected chi connectivity index (χ4v) is 4.08. The number of piperidine rings is 1. The Hall–Kier alpha value is -4.56. The molecule has 2 aromatic carbocycles. The van der Waals surface area contributed by atoms with Crippen LogP contribution in [0.3, 0.4) is 0 Å². The maximum atomic E-state index is 14.7. The number of pyridine rings is 1. The molecule has 0 bridgehead atoms. The van der Waals surface area contributed by atoms with E-state index in [1.54, 1.807) is 18.2 Å². The van der Waals surface area contributed by atoms with E-state index in [9.17, 15) is 35.9 Å². The summed E-state index contributed by atoms with van der Waals surface area (Å²) in [6, 6.07) is 14.1. The van der Waals surface area contributed by atoms with Crippen LogP contribution in [0.25, 0.3) is 10.9 Å². The third-order valence-electron chi connectivity index (χ3n) is 6.19. The molecule has 41 heavy (non-hydrogen) atoms. The zero-order valence-corrected chi connectivity index (χ0v) is 20.9. The van der Waals surface area contributed by atoms with Gasteiger partial charge >= 0.3 is 18.2 Å². The summed E-state index contributed by atoms with van der Waals surface area (Å²) >= 11 is 0. The number of hydrogen-bond donors (Lipinski definition) is 1. The summed E-state index contributed by atoms with van der Waals surface area (Å²) in [7, 11) is 0. The van der Waals surface area contributed by atoms with E-state index < -0.39 is 55.0 Å². The zero-order chi connectivity index (χ0) is 29.9. The highest BCUT2D eigenvalue weighted by molar-refractivity contribution is 5.97. The maximum Gasteiger partial charge on any atom is 0.490 e. The number of aliphatic carboxylic acids is 1. The zero-order valence-electron chi connectivity index (χ0n) is 20.9. The van der Waals surface area contributed by atoms with Crippen molar-refractivity contribution >= 4 is 34.6 Å². The largest absolute Gasteiger partial charge is 0.490 e. The third kappa shape index (κ3) is 6.78. The third-order valence-corrected chi connectivity index (χ3v) is 6.19. The monoisotopic (exact) mass is 585 g/mol. The van der Waals surface area contributed by atoms with Gasteiger partial charge < -0.3 is 19.5 Å². The van der Waals surface area contributed by atoms with E-state index in [-0.39, 0.29) is 31.1 Å². The van der Waals surface area contributed by atoms with E-state index in [4.69, 9.17) is 19.4 Å². The first-order valence-electron chi connectivity index (χ1n) is 12.0. The van der Waals surface area contributed by atoms with Gasteiger partial charge in [0.15, 0.2) is 6.10 Å². The van der Waals surface area contributed by atoms with Crippen LogP contribution < -0.4 is 9.64 Å². The fraction of sp³-hybridized carbons (Fsp3) is 0.308. The number of alkyl halides is 5. The minimum atomic E-state index is -5.08. The summed E-state index contributed by atoms with van der Waals surface area (Å²) in [5.74, 6) is -7.52. The number of cyclic esters (lactones) is 1. The molecule has 0 radical (unpaired) electrons. The average molecular weight is 585 g/mol. The predicted octanol–water partition coefficient (Wildman–Crippen LogP) is 4.89. The molecule has 1 N–H and O–H groups in total. The van der Waals surface area contributed by atoms with Crippen molar-refractivity contribution in [3.05, 3.63) is 66.0 Å². The number of rotatable bonds is 4. The highest BCUT2D eigenvalue weighted by Gasteiger charge is 2.47. The normalized spacial score (nSPS) is 18.4. The van der Waals surface area contributed by atoms with Crippen LogP contribution in [0.2, 0.25) is 0 Å². The van der Waals surface area contributed by atoms with Gasteiger partial charge in [0.05, 0.1) is 24.2 Å². The number of carboxylic acid groups (broad SMARTS) is 1. The molecule has 2 saturated heterocycles. The molecule has 1 aromatic heterocycles.